The first-order valence-electron chi connectivity index (χ1n) is 6.66. The van der Waals surface area contributed by atoms with E-state index >= 15 is 0 Å². The predicted molar refractivity (Wildman–Crippen MR) is 80.8 cm³/mol. The lowest BCUT2D eigenvalue weighted by molar-refractivity contribution is 0.413. The first-order valence-corrected chi connectivity index (χ1v) is 8.14. The van der Waals surface area contributed by atoms with Crippen molar-refractivity contribution in [2.24, 2.45) is 0 Å². The van der Waals surface area contributed by atoms with Crippen molar-refractivity contribution in [2.75, 3.05) is 20.2 Å². The maximum Gasteiger partial charge on any atom is 0.241 e. The summed E-state index contributed by atoms with van der Waals surface area (Å²) >= 11 is 0. The fourth-order valence-electron chi connectivity index (χ4n) is 2.07. The predicted octanol–water partition coefficient (Wildman–Crippen LogP) is 1.59. The number of rotatable bonds is 7. The second-order valence-corrected chi connectivity index (χ2v) is 6.80. The summed E-state index contributed by atoms with van der Waals surface area (Å²) in [5.74, 6) is 0.667. The van der Waals surface area contributed by atoms with Gasteiger partial charge in [0.25, 0.3) is 0 Å². The molecule has 0 aliphatic carbocycles. The zero-order valence-electron chi connectivity index (χ0n) is 12.8. The minimum Gasteiger partial charge on any atom is -0.497 e. The third-order valence-corrected chi connectivity index (χ3v) is 4.67. The van der Waals surface area contributed by atoms with E-state index in [1.165, 1.54) is 0 Å². The summed E-state index contributed by atoms with van der Waals surface area (Å²) in [6, 6.07) is 3.80. The van der Waals surface area contributed by atoms with Crippen LogP contribution in [-0.2, 0) is 10.0 Å². The van der Waals surface area contributed by atoms with Gasteiger partial charge in [0.15, 0.2) is 0 Å². The molecular weight excluding hydrogens is 276 g/mol. The van der Waals surface area contributed by atoms with E-state index in [1.807, 2.05) is 13.8 Å². The molecule has 0 aromatic heterocycles. The van der Waals surface area contributed by atoms with E-state index in [0.29, 0.717) is 40.9 Å². The highest BCUT2D eigenvalue weighted by molar-refractivity contribution is 7.89. The number of methoxy groups -OCH3 is 1. The highest BCUT2D eigenvalue weighted by Gasteiger charge is 2.19. The van der Waals surface area contributed by atoms with Crippen molar-refractivity contribution in [3.05, 3.63) is 23.3 Å². The quantitative estimate of drug-likeness (QED) is 0.750. The van der Waals surface area contributed by atoms with E-state index in [2.05, 4.69) is 10.0 Å². The molecule has 0 atom stereocenters. The Kier molecular flexibility index (Phi) is 5.98. The highest BCUT2D eigenvalue weighted by atomic mass is 32.2. The molecule has 1 aromatic rings. The Morgan fingerprint density at radius 2 is 1.70 bits per heavy atom. The molecule has 0 amide bonds. The zero-order valence-corrected chi connectivity index (χ0v) is 13.6. The fraction of sp³-hybridized carbons (Fsp3) is 0.571. The van der Waals surface area contributed by atoms with Gasteiger partial charge in [-0.15, -0.1) is 0 Å². The van der Waals surface area contributed by atoms with Crippen molar-refractivity contribution in [1.82, 2.24) is 10.0 Å². The Balaban J connectivity index is 2.87. The minimum atomic E-state index is -3.49. The summed E-state index contributed by atoms with van der Waals surface area (Å²) in [4.78, 5) is 0.336. The van der Waals surface area contributed by atoms with Crippen LogP contribution in [0.15, 0.2) is 17.0 Å². The molecule has 20 heavy (non-hydrogen) atoms. The normalized spacial score (nSPS) is 11.9. The molecular formula is C14H24N2O3S. The lowest BCUT2D eigenvalue weighted by Gasteiger charge is -2.14. The zero-order chi connectivity index (χ0) is 15.3. The van der Waals surface area contributed by atoms with Crippen LogP contribution in [0.2, 0.25) is 0 Å². The van der Waals surface area contributed by atoms with Crippen molar-refractivity contribution < 1.29 is 13.2 Å². The molecule has 1 aromatic carbocycles. The summed E-state index contributed by atoms with van der Waals surface area (Å²) in [6.07, 6.45) is 0. The van der Waals surface area contributed by atoms with Crippen LogP contribution in [0.3, 0.4) is 0 Å². The van der Waals surface area contributed by atoms with E-state index in [1.54, 1.807) is 33.1 Å². The van der Waals surface area contributed by atoms with Crippen LogP contribution >= 0.6 is 0 Å². The van der Waals surface area contributed by atoms with Crippen LogP contribution in [0, 0.1) is 13.8 Å². The maximum absolute atomic E-state index is 12.3. The highest BCUT2D eigenvalue weighted by Crippen LogP contribution is 2.25. The Morgan fingerprint density at radius 1 is 1.15 bits per heavy atom. The molecule has 0 saturated carbocycles. The number of sulfonamides is 1. The van der Waals surface area contributed by atoms with E-state index < -0.39 is 10.0 Å². The topological polar surface area (TPSA) is 67.4 Å². The number of nitrogens with one attached hydrogen (secondary N) is 2. The largest absolute Gasteiger partial charge is 0.497 e. The van der Waals surface area contributed by atoms with Gasteiger partial charge in [-0.2, -0.15) is 0 Å². The maximum atomic E-state index is 12.3. The molecule has 1 rings (SSSR count). The van der Waals surface area contributed by atoms with Gasteiger partial charge in [0.1, 0.15) is 5.75 Å². The number of ether oxygens (including phenoxy) is 1. The molecule has 0 aliphatic rings. The van der Waals surface area contributed by atoms with E-state index in [4.69, 9.17) is 4.74 Å². The molecule has 0 aliphatic heterocycles. The molecule has 0 spiro atoms. The van der Waals surface area contributed by atoms with Crippen LogP contribution in [-0.4, -0.2) is 34.7 Å². The van der Waals surface area contributed by atoms with Crippen molar-refractivity contribution in [1.29, 1.82) is 0 Å². The number of hydrogen-bond donors (Lipinski definition) is 2. The molecule has 0 bridgehead atoms. The lowest BCUT2D eigenvalue weighted by atomic mass is 10.1. The van der Waals surface area contributed by atoms with Crippen LogP contribution in [0.25, 0.3) is 0 Å². The van der Waals surface area contributed by atoms with E-state index in [-0.39, 0.29) is 0 Å². The van der Waals surface area contributed by atoms with Crippen LogP contribution < -0.4 is 14.8 Å². The molecule has 5 nitrogen and oxygen atoms in total. The second-order valence-electron chi connectivity index (χ2n) is 5.10. The summed E-state index contributed by atoms with van der Waals surface area (Å²) in [5, 5.41) is 3.17. The first kappa shape index (κ1) is 16.9. The molecule has 0 fully saturated rings. The van der Waals surface area contributed by atoms with Gasteiger partial charge in [0.2, 0.25) is 10.0 Å². The molecule has 0 heterocycles. The molecule has 0 unspecified atom stereocenters. The third-order valence-electron chi connectivity index (χ3n) is 2.91. The van der Waals surface area contributed by atoms with Crippen LogP contribution in [0.5, 0.6) is 5.75 Å². The Morgan fingerprint density at radius 3 is 2.15 bits per heavy atom. The molecule has 6 heteroatoms. The van der Waals surface area contributed by atoms with Crippen molar-refractivity contribution >= 4 is 10.0 Å². The van der Waals surface area contributed by atoms with Gasteiger partial charge >= 0.3 is 0 Å². The Hall–Kier alpha value is -1.11. The van der Waals surface area contributed by atoms with Crippen molar-refractivity contribution in [3.8, 4) is 5.75 Å². The van der Waals surface area contributed by atoms with Gasteiger partial charge < -0.3 is 10.1 Å². The van der Waals surface area contributed by atoms with Crippen LogP contribution in [0.1, 0.15) is 25.0 Å². The smallest absolute Gasteiger partial charge is 0.241 e. The fourth-order valence-corrected chi connectivity index (χ4v) is 3.55. The summed E-state index contributed by atoms with van der Waals surface area (Å²) in [5.41, 5.74) is 1.37. The molecule has 0 radical (unpaired) electrons. The Bertz CT molecular complexity index is 531. The minimum absolute atomic E-state index is 0.336. The molecule has 0 saturated heterocycles. The monoisotopic (exact) mass is 300 g/mol. The number of benzene rings is 1. The SMILES string of the molecule is COc1cc(C)c(S(=O)(=O)NCCNC(C)C)c(C)c1. The van der Waals surface area contributed by atoms with Gasteiger partial charge in [-0.25, -0.2) is 13.1 Å². The average Bonchev–Trinajstić information content (AvgIpc) is 2.33. The van der Waals surface area contributed by atoms with Gasteiger partial charge in [-0.1, -0.05) is 13.8 Å². The van der Waals surface area contributed by atoms with E-state index in [9.17, 15) is 8.42 Å². The second kappa shape index (κ2) is 7.06. The molecule has 114 valence electrons. The van der Waals surface area contributed by atoms with Crippen molar-refractivity contribution in [3.63, 3.8) is 0 Å². The van der Waals surface area contributed by atoms with E-state index in [0.717, 1.165) is 0 Å². The third kappa shape index (κ3) is 4.47. The average molecular weight is 300 g/mol. The van der Waals surface area contributed by atoms with Gasteiger partial charge in [-0.05, 0) is 37.1 Å². The Labute approximate surface area is 121 Å². The summed E-state index contributed by atoms with van der Waals surface area (Å²) in [6.45, 7) is 8.56. The molecule has 2 N–H and O–H groups in total. The summed E-state index contributed by atoms with van der Waals surface area (Å²) in [7, 11) is -1.92. The number of hydrogen-bond acceptors (Lipinski definition) is 4. The van der Waals surface area contributed by atoms with Gasteiger partial charge in [-0.3, -0.25) is 0 Å². The standard InChI is InChI=1S/C14H24N2O3S/c1-10(2)15-6-7-16-20(17,18)14-11(3)8-13(19-5)9-12(14)4/h8-10,15-16H,6-7H2,1-5H3. The summed E-state index contributed by atoms with van der Waals surface area (Å²) < 4.78 is 32.4. The van der Waals surface area contributed by atoms with Gasteiger partial charge in [0, 0.05) is 19.1 Å². The van der Waals surface area contributed by atoms with Crippen LogP contribution in [0.4, 0.5) is 0 Å². The number of aryl methyl sites for hydroxylation is 2. The first-order chi connectivity index (χ1) is 9.27. The van der Waals surface area contributed by atoms with Crippen molar-refractivity contribution in [2.45, 2.75) is 38.6 Å². The van der Waals surface area contributed by atoms with Gasteiger partial charge in [0.05, 0.1) is 12.0 Å². The lowest BCUT2D eigenvalue weighted by Crippen LogP contribution is -2.35.